The number of hydrogen-bond acceptors (Lipinski definition) is 6. The fraction of sp³-hybridized carbons (Fsp3) is 0.716. The van der Waals surface area contributed by atoms with Crippen LogP contribution < -0.4 is 0 Å². The van der Waals surface area contributed by atoms with Crippen molar-refractivity contribution >= 4 is 17.9 Å². The number of unbranched alkanes of at least 4 members (excludes halogenated alkanes) is 28. The molecule has 0 saturated heterocycles. The molecule has 1 atom stereocenters. The highest BCUT2D eigenvalue weighted by Crippen LogP contribution is 2.16. The first-order valence-corrected chi connectivity index (χ1v) is 30.7. The predicted octanol–water partition coefficient (Wildman–Crippen LogP) is 20.9. The molecule has 0 aliphatic rings. The summed E-state index contributed by atoms with van der Waals surface area (Å²) in [5.74, 6) is -0.984. The number of carbonyl (C=O) groups excluding carboxylic acids is 3. The molecule has 6 heteroatoms. The van der Waals surface area contributed by atoms with Gasteiger partial charge >= 0.3 is 17.9 Å². The second kappa shape index (κ2) is 60.9. The molecule has 0 N–H and O–H groups in total. The van der Waals surface area contributed by atoms with E-state index in [0.717, 1.165) is 96.3 Å². The van der Waals surface area contributed by atoms with E-state index in [4.69, 9.17) is 14.2 Å². The maximum Gasteiger partial charge on any atom is 0.306 e. The Morgan fingerprint density at radius 2 is 0.548 bits per heavy atom. The quantitative estimate of drug-likeness (QED) is 0.0261. The summed E-state index contributed by atoms with van der Waals surface area (Å²) < 4.78 is 16.8. The van der Waals surface area contributed by atoms with Gasteiger partial charge in [0, 0.05) is 19.3 Å². The summed E-state index contributed by atoms with van der Waals surface area (Å²) in [4.78, 5) is 38.2. The maximum atomic E-state index is 12.9. The Balaban J connectivity index is 4.49. The molecule has 0 fully saturated rings. The highest BCUT2D eigenvalue weighted by atomic mass is 16.6. The minimum absolute atomic E-state index is 0.106. The maximum absolute atomic E-state index is 12.9. The minimum atomic E-state index is -0.818. The molecule has 418 valence electrons. The normalized spacial score (nSPS) is 12.8. The first-order chi connectivity index (χ1) is 36.0. The van der Waals surface area contributed by atoms with E-state index >= 15 is 0 Å². The molecule has 0 aliphatic heterocycles. The van der Waals surface area contributed by atoms with Crippen molar-refractivity contribution < 1.29 is 28.6 Å². The van der Waals surface area contributed by atoms with Crippen molar-refractivity contribution in [3.63, 3.8) is 0 Å². The summed E-state index contributed by atoms with van der Waals surface area (Å²) in [5, 5.41) is 0. The number of ether oxygens (including phenoxy) is 3. The Kier molecular flexibility index (Phi) is 57.8. The van der Waals surface area contributed by atoms with Crippen LogP contribution in [0.4, 0.5) is 0 Å². The lowest BCUT2D eigenvalue weighted by molar-refractivity contribution is -0.167. The molecule has 0 rings (SSSR count). The molecule has 0 aliphatic carbocycles. The molecule has 0 aromatic heterocycles. The van der Waals surface area contributed by atoms with Gasteiger partial charge in [-0.25, -0.2) is 0 Å². The van der Waals surface area contributed by atoms with Crippen LogP contribution in [0.2, 0.25) is 0 Å². The average molecular weight is 1020 g/mol. The van der Waals surface area contributed by atoms with Crippen molar-refractivity contribution in [1.82, 2.24) is 0 Å². The van der Waals surface area contributed by atoms with Crippen molar-refractivity contribution in [2.45, 2.75) is 297 Å². The van der Waals surface area contributed by atoms with Crippen molar-refractivity contribution in [2.75, 3.05) is 13.2 Å². The van der Waals surface area contributed by atoms with Crippen molar-refractivity contribution in [3.05, 3.63) is 97.2 Å². The average Bonchev–Trinajstić information content (AvgIpc) is 3.39. The molecule has 0 radical (unpaired) electrons. The van der Waals surface area contributed by atoms with Crippen molar-refractivity contribution in [2.24, 2.45) is 0 Å². The Morgan fingerprint density at radius 3 is 0.890 bits per heavy atom. The predicted molar refractivity (Wildman–Crippen MR) is 316 cm³/mol. The molecule has 0 aromatic carbocycles. The second-order valence-electron chi connectivity index (χ2n) is 20.2. The number of carbonyl (C=O) groups is 3. The standard InChI is InChI=1S/C67H114O6/c1-4-7-10-13-16-19-22-25-28-31-33-36-38-41-44-47-50-53-56-59-65(68)71-62-64(73-67(70)61-58-55-52-49-46-43-40-35-30-27-24-21-18-15-12-9-6-3)63-72-66(69)60-57-54-51-48-45-42-39-37-34-32-29-26-23-20-17-14-11-8-5-2/h7,10,16,19,25,27-28,30,33,36,40-41,43-44,49,52,64H,4-6,8-9,11-15,17-18,20-24,26,29,31-32,34-35,37-39,42,45-48,50-51,53-63H2,1-3H3/b10-7-,19-16-,28-25-,30-27-,36-33-,43-40-,44-41-,52-49-/t64-/m1/s1. The third kappa shape index (κ3) is 59.1. The number of esters is 3. The summed E-state index contributed by atoms with van der Waals surface area (Å²) in [6.45, 7) is 6.48. The van der Waals surface area contributed by atoms with Gasteiger partial charge in [-0.05, 0) is 96.3 Å². The zero-order valence-electron chi connectivity index (χ0n) is 47.9. The Hall–Kier alpha value is -3.67. The summed E-state index contributed by atoms with van der Waals surface area (Å²) in [7, 11) is 0. The summed E-state index contributed by atoms with van der Waals surface area (Å²) >= 11 is 0. The van der Waals surface area contributed by atoms with Gasteiger partial charge in [-0.1, -0.05) is 272 Å². The number of hydrogen-bond donors (Lipinski definition) is 0. The van der Waals surface area contributed by atoms with E-state index in [1.165, 1.54) is 148 Å². The number of rotatable bonds is 55. The topological polar surface area (TPSA) is 78.9 Å². The Morgan fingerprint density at radius 1 is 0.288 bits per heavy atom. The van der Waals surface area contributed by atoms with E-state index in [1.54, 1.807) is 0 Å². The van der Waals surface area contributed by atoms with Crippen LogP contribution >= 0.6 is 0 Å². The van der Waals surface area contributed by atoms with Gasteiger partial charge in [-0.3, -0.25) is 14.4 Å². The van der Waals surface area contributed by atoms with Crippen LogP contribution in [0.5, 0.6) is 0 Å². The van der Waals surface area contributed by atoms with E-state index in [0.29, 0.717) is 19.3 Å². The molecular weight excluding hydrogens is 901 g/mol. The van der Waals surface area contributed by atoms with E-state index in [1.807, 2.05) is 0 Å². The highest BCUT2D eigenvalue weighted by molar-refractivity contribution is 5.71. The van der Waals surface area contributed by atoms with Crippen LogP contribution in [0.25, 0.3) is 0 Å². The van der Waals surface area contributed by atoms with Crippen LogP contribution in [-0.2, 0) is 28.6 Å². The first-order valence-electron chi connectivity index (χ1n) is 30.7. The molecule has 0 heterocycles. The molecule has 6 nitrogen and oxygen atoms in total. The van der Waals surface area contributed by atoms with Crippen LogP contribution in [0.15, 0.2) is 97.2 Å². The molecule has 0 aromatic rings. The zero-order chi connectivity index (χ0) is 52.9. The largest absolute Gasteiger partial charge is 0.462 e. The third-order valence-electron chi connectivity index (χ3n) is 13.1. The monoisotopic (exact) mass is 1010 g/mol. The lowest BCUT2D eigenvalue weighted by Gasteiger charge is -2.18. The van der Waals surface area contributed by atoms with E-state index < -0.39 is 6.10 Å². The molecule has 73 heavy (non-hydrogen) atoms. The fourth-order valence-corrected chi connectivity index (χ4v) is 8.49. The van der Waals surface area contributed by atoms with Gasteiger partial charge in [0.25, 0.3) is 0 Å². The van der Waals surface area contributed by atoms with Crippen LogP contribution in [0.3, 0.4) is 0 Å². The van der Waals surface area contributed by atoms with Gasteiger partial charge in [0.1, 0.15) is 13.2 Å². The summed E-state index contributed by atoms with van der Waals surface area (Å²) in [6, 6.07) is 0. The van der Waals surface area contributed by atoms with Gasteiger partial charge in [0.15, 0.2) is 6.10 Å². The van der Waals surface area contributed by atoms with E-state index in [9.17, 15) is 14.4 Å². The van der Waals surface area contributed by atoms with Gasteiger partial charge in [-0.15, -0.1) is 0 Å². The van der Waals surface area contributed by atoms with E-state index in [2.05, 4.69) is 118 Å². The van der Waals surface area contributed by atoms with Gasteiger partial charge in [0.2, 0.25) is 0 Å². The molecular formula is C67H114O6. The lowest BCUT2D eigenvalue weighted by atomic mass is 10.0. The smallest absolute Gasteiger partial charge is 0.306 e. The van der Waals surface area contributed by atoms with Crippen molar-refractivity contribution in [3.8, 4) is 0 Å². The fourth-order valence-electron chi connectivity index (χ4n) is 8.49. The minimum Gasteiger partial charge on any atom is -0.462 e. The van der Waals surface area contributed by atoms with Gasteiger partial charge < -0.3 is 14.2 Å². The Labute approximate surface area is 451 Å². The second-order valence-corrected chi connectivity index (χ2v) is 20.2. The van der Waals surface area contributed by atoms with Crippen molar-refractivity contribution in [1.29, 1.82) is 0 Å². The summed E-state index contributed by atoms with van der Waals surface area (Å²) in [6.07, 6.45) is 81.3. The summed E-state index contributed by atoms with van der Waals surface area (Å²) in [5.41, 5.74) is 0. The highest BCUT2D eigenvalue weighted by Gasteiger charge is 2.19. The molecule has 0 amide bonds. The van der Waals surface area contributed by atoms with E-state index in [-0.39, 0.29) is 37.5 Å². The molecule has 0 spiro atoms. The van der Waals surface area contributed by atoms with Crippen LogP contribution in [-0.4, -0.2) is 37.2 Å². The lowest BCUT2D eigenvalue weighted by Crippen LogP contribution is -2.30. The van der Waals surface area contributed by atoms with Crippen LogP contribution in [0.1, 0.15) is 290 Å². The molecule has 0 unspecified atom stereocenters. The first kappa shape index (κ1) is 69.3. The van der Waals surface area contributed by atoms with Gasteiger partial charge in [0.05, 0.1) is 0 Å². The zero-order valence-corrected chi connectivity index (χ0v) is 47.9. The molecule has 0 bridgehead atoms. The Bertz CT molecular complexity index is 1440. The van der Waals surface area contributed by atoms with Gasteiger partial charge in [-0.2, -0.15) is 0 Å². The number of allylic oxidation sites excluding steroid dienone is 16. The molecule has 0 saturated carbocycles. The van der Waals surface area contributed by atoms with Crippen LogP contribution in [0, 0.1) is 0 Å². The third-order valence-corrected chi connectivity index (χ3v) is 13.1. The SMILES string of the molecule is CC/C=C\C/C=C\C/C=C\C/C=C\C/C=C\CCCCCC(=O)OC[C@H](COC(=O)CCCCCCCCCCCCCCCCCCCCC)OC(=O)CCC/C=C\C/C=C\C/C=C\CCCCCCCC.